The van der Waals surface area contributed by atoms with Crippen molar-refractivity contribution in [3.63, 3.8) is 0 Å². The number of carboxylic acids is 1. The number of aromatic carboxylic acids is 1. The van der Waals surface area contributed by atoms with E-state index >= 15 is 0 Å². The molecule has 0 atom stereocenters. The van der Waals surface area contributed by atoms with E-state index < -0.39 is 5.97 Å². The van der Waals surface area contributed by atoms with Gasteiger partial charge in [0, 0.05) is 25.2 Å². The number of rotatable bonds is 4. The Kier molecular flexibility index (Phi) is 3.77. The fraction of sp³-hybridized carbons (Fsp3) is 0.222. The molecule has 1 aliphatic rings. The van der Waals surface area contributed by atoms with E-state index in [0.29, 0.717) is 5.56 Å². The molecule has 1 heterocycles. The monoisotopic (exact) mass is 295 g/mol. The third-order valence-corrected chi connectivity index (χ3v) is 4.01. The standard InChI is InChI=1S/C18H17NO3/c1-12(20)15-6-7-16-10-19(11-17(16)8-15)9-13-2-4-14(5-3-13)18(21)22/h2-8H,9-11H2,1H3,(H,21,22). The quantitative estimate of drug-likeness (QED) is 0.881. The van der Waals surface area contributed by atoms with Crippen molar-refractivity contribution in [3.8, 4) is 0 Å². The van der Waals surface area contributed by atoms with Gasteiger partial charge in [-0.15, -0.1) is 0 Å². The normalized spacial score (nSPS) is 13.9. The lowest BCUT2D eigenvalue weighted by Crippen LogP contribution is -2.15. The number of fused-ring (bicyclic) bond motifs is 1. The molecular weight excluding hydrogens is 278 g/mol. The molecule has 0 fully saturated rings. The van der Waals surface area contributed by atoms with Crippen molar-refractivity contribution in [2.75, 3.05) is 0 Å². The number of benzene rings is 2. The molecule has 0 saturated heterocycles. The van der Waals surface area contributed by atoms with Crippen molar-refractivity contribution >= 4 is 11.8 Å². The molecule has 0 unspecified atom stereocenters. The summed E-state index contributed by atoms with van der Waals surface area (Å²) in [6, 6.07) is 12.9. The van der Waals surface area contributed by atoms with Crippen LogP contribution in [0.25, 0.3) is 0 Å². The minimum atomic E-state index is -0.906. The van der Waals surface area contributed by atoms with Crippen LogP contribution in [0.1, 0.15) is 44.3 Å². The van der Waals surface area contributed by atoms with Gasteiger partial charge in [0.25, 0.3) is 0 Å². The smallest absolute Gasteiger partial charge is 0.335 e. The van der Waals surface area contributed by atoms with E-state index in [9.17, 15) is 9.59 Å². The lowest BCUT2D eigenvalue weighted by atomic mass is 10.0. The SMILES string of the molecule is CC(=O)c1ccc2c(c1)CN(Cc1ccc(C(=O)O)cc1)C2. The Morgan fingerprint density at radius 1 is 1.00 bits per heavy atom. The Balaban J connectivity index is 1.70. The summed E-state index contributed by atoms with van der Waals surface area (Å²) in [5.74, 6) is -0.817. The van der Waals surface area contributed by atoms with Gasteiger partial charge in [-0.25, -0.2) is 4.79 Å². The van der Waals surface area contributed by atoms with Crippen molar-refractivity contribution in [2.24, 2.45) is 0 Å². The first-order chi connectivity index (χ1) is 10.5. The Hall–Kier alpha value is -2.46. The van der Waals surface area contributed by atoms with Crippen LogP contribution in [-0.2, 0) is 19.6 Å². The van der Waals surface area contributed by atoms with Gasteiger partial charge in [-0.05, 0) is 41.8 Å². The molecule has 2 aromatic carbocycles. The highest BCUT2D eigenvalue weighted by Crippen LogP contribution is 2.25. The summed E-state index contributed by atoms with van der Waals surface area (Å²) in [6.07, 6.45) is 0. The lowest BCUT2D eigenvalue weighted by molar-refractivity contribution is 0.0696. The molecule has 4 heteroatoms. The average Bonchev–Trinajstić information content (AvgIpc) is 2.88. The predicted molar refractivity (Wildman–Crippen MR) is 82.8 cm³/mol. The number of ketones is 1. The van der Waals surface area contributed by atoms with E-state index in [0.717, 1.165) is 30.8 Å². The number of carbonyl (C=O) groups is 2. The van der Waals surface area contributed by atoms with Crippen molar-refractivity contribution in [1.29, 1.82) is 0 Å². The zero-order valence-electron chi connectivity index (χ0n) is 12.4. The van der Waals surface area contributed by atoms with Gasteiger partial charge in [0.2, 0.25) is 0 Å². The Morgan fingerprint density at radius 2 is 1.64 bits per heavy atom. The van der Waals surface area contributed by atoms with Gasteiger partial charge in [0.15, 0.2) is 5.78 Å². The maximum atomic E-state index is 11.4. The van der Waals surface area contributed by atoms with Crippen LogP contribution in [0, 0.1) is 0 Å². The molecule has 2 aromatic rings. The Bertz CT molecular complexity index is 734. The summed E-state index contributed by atoms with van der Waals surface area (Å²) in [7, 11) is 0. The zero-order chi connectivity index (χ0) is 15.7. The topological polar surface area (TPSA) is 57.6 Å². The Labute approximate surface area is 129 Å². The second-order valence-corrected chi connectivity index (χ2v) is 5.69. The predicted octanol–water partition coefficient (Wildman–Crippen LogP) is 3.10. The fourth-order valence-electron chi connectivity index (χ4n) is 2.81. The van der Waals surface area contributed by atoms with Crippen LogP contribution in [0.5, 0.6) is 0 Å². The lowest BCUT2D eigenvalue weighted by Gasteiger charge is -2.14. The van der Waals surface area contributed by atoms with Crippen LogP contribution in [-0.4, -0.2) is 21.8 Å². The van der Waals surface area contributed by atoms with Crippen LogP contribution in [0.15, 0.2) is 42.5 Å². The molecular formula is C18H17NO3. The van der Waals surface area contributed by atoms with E-state index in [1.165, 1.54) is 11.1 Å². The van der Waals surface area contributed by atoms with E-state index in [2.05, 4.69) is 4.90 Å². The second-order valence-electron chi connectivity index (χ2n) is 5.69. The van der Waals surface area contributed by atoms with Gasteiger partial charge in [0.1, 0.15) is 0 Å². The van der Waals surface area contributed by atoms with E-state index in [4.69, 9.17) is 5.11 Å². The van der Waals surface area contributed by atoms with Crippen LogP contribution in [0.3, 0.4) is 0 Å². The first kappa shape index (κ1) is 14.5. The summed E-state index contributed by atoms with van der Waals surface area (Å²) < 4.78 is 0. The largest absolute Gasteiger partial charge is 0.478 e. The third-order valence-electron chi connectivity index (χ3n) is 4.01. The summed E-state index contributed by atoms with van der Waals surface area (Å²) in [6.45, 7) is 4.02. The number of nitrogens with zero attached hydrogens (tertiary/aromatic N) is 1. The minimum Gasteiger partial charge on any atom is -0.478 e. The van der Waals surface area contributed by atoms with E-state index in [1.54, 1.807) is 19.1 Å². The van der Waals surface area contributed by atoms with Gasteiger partial charge in [0.05, 0.1) is 5.56 Å². The zero-order valence-corrected chi connectivity index (χ0v) is 12.4. The van der Waals surface area contributed by atoms with Crippen molar-refractivity contribution < 1.29 is 14.7 Å². The molecule has 0 radical (unpaired) electrons. The molecule has 0 aromatic heterocycles. The number of Topliss-reactive ketones (excluding diaryl/α,β-unsaturated/α-hetero) is 1. The highest BCUT2D eigenvalue weighted by atomic mass is 16.4. The molecule has 0 saturated carbocycles. The highest BCUT2D eigenvalue weighted by molar-refractivity contribution is 5.94. The summed E-state index contributed by atoms with van der Waals surface area (Å²) >= 11 is 0. The van der Waals surface area contributed by atoms with Crippen molar-refractivity contribution in [2.45, 2.75) is 26.6 Å². The van der Waals surface area contributed by atoms with E-state index in [-0.39, 0.29) is 5.78 Å². The third kappa shape index (κ3) is 2.92. The molecule has 0 bridgehead atoms. The molecule has 1 aliphatic heterocycles. The highest BCUT2D eigenvalue weighted by Gasteiger charge is 2.19. The number of hydrogen-bond acceptors (Lipinski definition) is 3. The van der Waals surface area contributed by atoms with E-state index in [1.807, 2.05) is 30.3 Å². The second kappa shape index (κ2) is 5.73. The van der Waals surface area contributed by atoms with Crippen LogP contribution in [0.2, 0.25) is 0 Å². The van der Waals surface area contributed by atoms with Gasteiger partial charge in [-0.1, -0.05) is 24.3 Å². The summed E-state index contributed by atoms with van der Waals surface area (Å²) in [5.41, 5.74) is 4.61. The molecule has 1 N–H and O–H groups in total. The first-order valence-electron chi connectivity index (χ1n) is 7.20. The van der Waals surface area contributed by atoms with Crippen molar-refractivity contribution in [3.05, 3.63) is 70.3 Å². The maximum absolute atomic E-state index is 11.4. The number of carboxylic acid groups (broad SMARTS) is 1. The van der Waals surface area contributed by atoms with Crippen LogP contribution in [0.4, 0.5) is 0 Å². The van der Waals surface area contributed by atoms with Crippen molar-refractivity contribution in [1.82, 2.24) is 4.90 Å². The van der Waals surface area contributed by atoms with Gasteiger partial charge >= 0.3 is 5.97 Å². The van der Waals surface area contributed by atoms with Crippen LogP contribution >= 0.6 is 0 Å². The number of hydrogen-bond donors (Lipinski definition) is 1. The summed E-state index contributed by atoms with van der Waals surface area (Å²) in [5, 5.41) is 8.91. The Morgan fingerprint density at radius 3 is 2.27 bits per heavy atom. The average molecular weight is 295 g/mol. The minimum absolute atomic E-state index is 0.0884. The molecule has 4 nitrogen and oxygen atoms in total. The number of carbonyl (C=O) groups excluding carboxylic acids is 1. The molecule has 0 amide bonds. The molecule has 22 heavy (non-hydrogen) atoms. The maximum Gasteiger partial charge on any atom is 0.335 e. The van der Waals surface area contributed by atoms with Gasteiger partial charge in [-0.2, -0.15) is 0 Å². The molecule has 0 aliphatic carbocycles. The van der Waals surface area contributed by atoms with Gasteiger partial charge in [-0.3, -0.25) is 9.69 Å². The fourth-order valence-corrected chi connectivity index (χ4v) is 2.81. The molecule has 0 spiro atoms. The molecule has 3 rings (SSSR count). The first-order valence-corrected chi connectivity index (χ1v) is 7.20. The van der Waals surface area contributed by atoms with Gasteiger partial charge < -0.3 is 5.11 Å². The van der Waals surface area contributed by atoms with Crippen LogP contribution < -0.4 is 0 Å². The summed E-state index contributed by atoms with van der Waals surface area (Å²) in [4.78, 5) is 24.6. The molecule has 112 valence electrons.